The predicted molar refractivity (Wildman–Crippen MR) is 85.5 cm³/mol. The van der Waals surface area contributed by atoms with E-state index in [2.05, 4.69) is 35.9 Å². The van der Waals surface area contributed by atoms with Gasteiger partial charge in [0.05, 0.1) is 16.9 Å². The number of rotatable bonds is 5. The highest BCUT2D eigenvalue weighted by molar-refractivity contribution is 6.31. The molecule has 0 saturated heterocycles. The summed E-state index contributed by atoms with van der Waals surface area (Å²) in [5, 5.41) is 9.08. The Morgan fingerprint density at radius 3 is 2.80 bits per heavy atom. The lowest BCUT2D eigenvalue weighted by atomic mass is 9.91. The van der Waals surface area contributed by atoms with Crippen LogP contribution in [-0.4, -0.2) is 22.4 Å². The first-order chi connectivity index (χ1) is 9.65. The third-order valence-corrected chi connectivity index (χ3v) is 4.59. The van der Waals surface area contributed by atoms with Crippen LogP contribution in [0.3, 0.4) is 0 Å². The molecular formula is C16H28ClN3. The van der Waals surface area contributed by atoms with E-state index in [1.54, 1.807) is 0 Å². The fourth-order valence-electron chi connectivity index (χ4n) is 3.32. The van der Waals surface area contributed by atoms with Gasteiger partial charge in [0.2, 0.25) is 0 Å². The molecule has 2 rings (SSSR count). The van der Waals surface area contributed by atoms with Gasteiger partial charge in [-0.15, -0.1) is 0 Å². The number of aromatic nitrogens is 2. The summed E-state index contributed by atoms with van der Waals surface area (Å²) in [7, 11) is 0. The van der Waals surface area contributed by atoms with Crippen molar-refractivity contribution in [1.82, 2.24) is 15.1 Å². The number of halogens is 1. The Hall–Kier alpha value is -0.540. The van der Waals surface area contributed by atoms with Crippen molar-refractivity contribution in [3.8, 4) is 0 Å². The van der Waals surface area contributed by atoms with Gasteiger partial charge in [-0.1, -0.05) is 37.8 Å². The van der Waals surface area contributed by atoms with Crippen molar-refractivity contribution in [1.29, 1.82) is 0 Å². The van der Waals surface area contributed by atoms with Crippen LogP contribution >= 0.6 is 11.6 Å². The molecule has 1 saturated carbocycles. The Morgan fingerprint density at radius 1 is 1.35 bits per heavy atom. The van der Waals surface area contributed by atoms with E-state index in [9.17, 15) is 0 Å². The molecular weight excluding hydrogens is 270 g/mol. The largest absolute Gasteiger partial charge is 0.313 e. The number of hydrogen-bond donors (Lipinski definition) is 1. The topological polar surface area (TPSA) is 29.9 Å². The summed E-state index contributed by atoms with van der Waals surface area (Å²) in [6.45, 7) is 7.68. The van der Waals surface area contributed by atoms with Gasteiger partial charge in [0.1, 0.15) is 0 Å². The molecule has 1 heterocycles. The summed E-state index contributed by atoms with van der Waals surface area (Å²) in [5.74, 6) is 0.501. The third kappa shape index (κ3) is 3.56. The Bertz CT molecular complexity index is 414. The number of nitrogens with one attached hydrogen (secondary N) is 1. The van der Waals surface area contributed by atoms with Crippen molar-refractivity contribution in [3.05, 3.63) is 16.9 Å². The van der Waals surface area contributed by atoms with Gasteiger partial charge in [0.15, 0.2) is 0 Å². The molecule has 0 aliphatic heterocycles. The second-order valence-corrected chi connectivity index (χ2v) is 6.63. The van der Waals surface area contributed by atoms with Gasteiger partial charge < -0.3 is 5.32 Å². The fraction of sp³-hybridized carbons (Fsp3) is 0.812. The zero-order valence-electron chi connectivity index (χ0n) is 13.0. The van der Waals surface area contributed by atoms with Gasteiger partial charge in [-0.3, -0.25) is 4.68 Å². The van der Waals surface area contributed by atoms with Crippen LogP contribution in [0.4, 0.5) is 0 Å². The van der Waals surface area contributed by atoms with Crippen LogP contribution in [0.5, 0.6) is 0 Å². The van der Waals surface area contributed by atoms with Crippen LogP contribution in [0, 0.1) is 0 Å². The Kier molecular flexibility index (Phi) is 5.91. The SMILES string of the molecule is CCCNC1CCCCCC1c1c(Cl)cnn1C(C)C. The molecule has 1 N–H and O–H groups in total. The Morgan fingerprint density at radius 2 is 2.10 bits per heavy atom. The Labute approximate surface area is 128 Å². The first kappa shape index (κ1) is 15.8. The molecule has 3 nitrogen and oxygen atoms in total. The molecule has 20 heavy (non-hydrogen) atoms. The van der Waals surface area contributed by atoms with Crippen molar-refractivity contribution in [2.75, 3.05) is 6.54 Å². The van der Waals surface area contributed by atoms with Crippen molar-refractivity contribution < 1.29 is 0 Å². The maximum absolute atomic E-state index is 6.46. The summed E-state index contributed by atoms with van der Waals surface area (Å²) < 4.78 is 2.12. The van der Waals surface area contributed by atoms with Crippen LogP contribution in [0.2, 0.25) is 5.02 Å². The molecule has 2 unspecified atom stereocenters. The van der Waals surface area contributed by atoms with Gasteiger partial charge >= 0.3 is 0 Å². The van der Waals surface area contributed by atoms with E-state index in [-0.39, 0.29) is 0 Å². The zero-order valence-corrected chi connectivity index (χ0v) is 13.8. The van der Waals surface area contributed by atoms with E-state index in [4.69, 9.17) is 11.6 Å². The standard InChI is InChI=1S/C16H28ClN3/c1-4-10-18-15-9-7-5-6-8-13(15)16-14(17)11-19-20(16)12(2)3/h11-13,15,18H,4-10H2,1-3H3. The maximum Gasteiger partial charge on any atom is 0.0821 e. The minimum Gasteiger partial charge on any atom is -0.313 e. The lowest BCUT2D eigenvalue weighted by molar-refractivity contribution is 0.379. The van der Waals surface area contributed by atoms with Crippen molar-refractivity contribution in [3.63, 3.8) is 0 Å². The molecule has 0 radical (unpaired) electrons. The second-order valence-electron chi connectivity index (χ2n) is 6.22. The smallest absolute Gasteiger partial charge is 0.0821 e. The molecule has 4 heteroatoms. The first-order valence-corrected chi connectivity index (χ1v) is 8.49. The second kappa shape index (κ2) is 7.46. The molecule has 1 aliphatic carbocycles. The monoisotopic (exact) mass is 297 g/mol. The summed E-state index contributed by atoms with van der Waals surface area (Å²) >= 11 is 6.46. The molecule has 0 amide bonds. The van der Waals surface area contributed by atoms with E-state index in [0.717, 1.165) is 11.6 Å². The summed E-state index contributed by atoms with van der Waals surface area (Å²) in [6.07, 6.45) is 9.44. The van der Waals surface area contributed by atoms with Crippen LogP contribution in [0.15, 0.2) is 6.20 Å². The molecule has 1 aromatic rings. The van der Waals surface area contributed by atoms with Crippen LogP contribution in [0.1, 0.15) is 76.9 Å². The van der Waals surface area contributed by atoms with E-state index in [1.165, 1.54) is 44.2 Å². The van der Waals surface area contributed by atoms with Crippen LogP contribution in [0.25, 0.3) is 0 Å². The number of hydrogen-bond acceptors (Lipinski definition) is 2. The molecule has 2 atom stereocenters. The maximum atomic E-state index is 6.46. The fourth-order valence-corrected chi connectivity index (χ4v) is 3.59. The molecule has 1 fully saturated rings. The highest BCUT2D eigenvalue weighted by atomic mass is 35.5. The highest BCUT2D eigenvalue weighted by Crippen LogP contribution is 2.36. The van der Waals surface area contributed by atoms with Gasteiger partial charge in [-0.25, -0.2) is 0 Å². The summed E-state index contributed by atoms with van der Waals surface area (Å²) in [5.41, 5.74) is 1.25. The van der Waals surface area contributed by atoms with Gasteiger partial charge in [-0.05, 0) is 39.7 Å². The first-order valence-electron chi connectivity index (χ1n) is 8.11. The average Bonchev–Trinajstić information content (AvgIpc) is 2.67. The lowest BCUT2D eigenvalue weighted by Crippen LogP contribution is -2.36. The third-order valence-electron chi connectivity index (χ3n) is 4.30. The molecule has 114 valence electrons. The minimum absolute atomic E-state index is 0.368. The molecule has 0 spiro atoms. The predicted octanol–water partition coefficient (Wildman–Crippen LogP) is 4.53. The van der Waals surface area contributed by atoms with Gasteiger partial charge in [0.25, 0.3) is 0 Å². The van der Waals surface area contributed by atoms with E-state index >= 15 is 0 Å². The van der Waals surface area contributed by atoms with E-state index in [1.807, 2.05) is 6.20 Å². The minimum atomic E-state index is 0.368. The van der Waals surface area contributed by atoms with Crippen molar-refractivity contribution >= 4 is 11.6 Å². The van der Waals surface area contributed by atoms with E-state index < -0.39 is 0 Å². The average molecular weight is 298 g/mol. The number of nitrogens with zero attached hydrogens (tertiary/aromatic N) is 2. The lowest BCUT2D eigenvalue weighted by Gasteiger charge is -2.28. The van der Waals surface area contributed by atoms with Crippen molar-refractivity contribution in [2.45, 2.75) is 77.3 Å². The van der Waals surface area contributed by atoms with Gasteiger partial charge in [-0.2, -0.15) is 5.10 Å². The quantitative estimate of drug-likeness (QED) is 0.809. The zero-order chi connectivity index (χ0) is 14.5. The van der Waals surface area contributed by atoms with Crippen molar-refractivity contribution in [2.24, 2.45) is 0 Å². The summed E-state index contributed by atoms with van der Waals surface area (Å²) in [4.78, 5) is 0. The molecule has 1 aromatic heterocycles. The van der Waals surface area contributed by atoms with Crippen LogP contribution < -0.4 is 5.32 Å². The summed E-state index contributed by atoms with van der Waals surface area (Å²) in [6, 6.07) is 0.914. The highest BCUT2D eigenvalue weighted by Gasteiger charge is 2.29. The van der Waals surface area contributed by atoms with Gasteiger partial charge in [0, 0.05) is 18.0 Å². The van der Waals surface area contributed by atoms with Crippen LogP contribution in [-0.2, 0) is 0 Å². The van der Waals surface area contributed by atoms with E-state index in [0.29, 0.717) is 18.0 Å². The molecule has 1 aliphatic rings. The molecule has 0 aromatic carbocycles. The Balaban J connectivity index is 2.27. The normalized spacial score (nSPS) is 24.1. The molecule has 0 bridgehead atoms.